The van der Waals surface area contributed by atoms with E-state index in [-0.39, 0.29) is 12.4 Å². The molecule has 3 heterocycles. The number of ether oxygens (including phenoxy) is 2. The minimum atomic E-state index is -2.22. The van der Waals surface area contributed by atoms with Crippen LogP contribution in [-0.2, 0) is 9.47 Å². The third-order valence-corrected chi connectivity index (χ3v) is 9.25. The molecule has 0 saturated carbocycles. The Balaban J connectivity index is 0.00000225. The van der Waals surface area contributed by atoms with Gasteiger partial charge in [-0.05, 0) is 26.0 Å². The Morgan fingerprint density at radius 2 is 1.39 bits per heavy atom. The van der Waals surface area contributed by atoms with Crippen LogP contribution in [0.25, 0.3) is 5.69 Å². The maximum absolute atomic E-state index is 7.36. The predicted octanol–water partition coefficient (Wildman–Crippen LogP) is -1.50. The molecule has 9 heteroatoms. The predicted molar refractivity (Wildman–Crippen MR) is 109 cm³/mol. The van der Waals surface area contributed by atoms with E-state index < -0.39 is 7.71 Å². The molecule has 1 aromatic carbocycles. The summed E-state index contributed by atoms with van der Waals surface area (Å²) in [6.07, 6.45) is 0. The Labute approximate surface area is 173 Å². The van der Waals surface area contributed by atoms with Gasteiger partial charge in [0.05, 0.1) is 64.0 Å². The smallest absolute Gasteiger partial charge is 0.261 e. The van der Waals surface area contributed by atoms with E-state index in [1.165, 1.54) is 5.30 Å². The summed E-state index contributed by atoms with van der Waals surface area (Å²) in [6, 6.07) is 10.3. The van der Waals surface area contributed by atoms with Gasteiger partial charge in [0, 0.05) is 0 Å². The highest BCUT2D eigenvalue weighted by Gasteiger charge is 2.54. The molecule has 0 atom stereocenters. The summed E-state index contributed by atoms with van der Waals surface area (Å²) >= 11 is 0. The van der Waals surface area contributed by atoms with Crippen molar-refractivity contribution in [2.45, 2.75) is 13.8 Å². The molecule has 2 fully saturated rings. The molecule has 2 aliphatic rings. The minimum Gasteiger partial charge on any atom is -1.00 e. The van der Waals surface area contributed by atoms with Crippen LogP contribution >= 0.6 is 7.71 Å². The summed E-state index contributed by atoms with van der Waals surface area (Å²) < 4.78 is 18.2. The lowest BCUT2D eigenvalue weighted by molar-refractivity contribution is -0.00000730. The third-order valence-electron chi connectivity index (χ3n) is 5.42. The van der Waals surface area contributed by atoms with E-state index in [4.69, 9.17) is 20.1 Å². The minimum absolute atomic E-state index is 0. The highest BCUT2D eigenvalue weighted by atomic mass is 35.5. The number of benzene rings is 1. The van der Waals surface area contributed by atoms with Gasteiger partial charge in [-0.25, -0.2) is 4.68 Å². The van der Waals surface area contributed by atoms with Gasteiger partial charge in [0.2, 0.25) is 0 Å². The van der Waals surface area contributed by atoms with Crippen LogP contribution in [0.15, 0.2) is 30.3 Å². The first-order valence-corrected chi connectivity index (χ1v) is 11.3. The van der Waals surface area contributed by atoms with E-state index in [1.54, 1.807) is 0 Å². The second-order valence-corrected chi connectivity index (χ2v) is 9.93. The van der Waals surface area contributed by atoms with Crippen molar-refractivity contribution in [2.75, 3.05) is 52.6 Å². The lowest BCUT2D eigenvalue weighted by Gasteiger charge is -2.42. The monoisotopic (exact) mass is 425 g/mol. The van der Waals surface area contributed by atoms with E-state index in [0.717, 1.165) is 69.7 Å². The highest BCUT2D eigenvalue weighted by Crippen LogP contribution is 2.58. The third kappa shape index (κ3) is 3.85. The highest BCUT2D eigenvalue weighted by molar-refractivity contribution is 7.76. The van der Waals surface area contributed by atoms with Crippen LogP contribution in [0.1, 0.15) is 11.4 Å². The summed E-state index contributed by atoms with van der Waals surface area (Å²) in [4.78, 5) is 0. The van der Waals surface area contributed by atoms with Crippen LogP contribution in [0.5, 0.6) is 0 Å². The van der Waals surface area contributed by atoms with Crippen LogP contribution in [-0.4, -0.2) is 71.7 Å². The van der Waals surface area contributed by atoms with Crippen LogP contribution in [0.2, 0.25) is 0 Å². The number of aryl methyl sites for hydroxylation is 1. The molecule has 0 unspecified atom stereocenters. The largest absolute Gasteiger partial charge is 1.00 e. The standard InChI is InChI=1S/C19H29N5O2P.ClH/c1-16-19(17(2)24(21-16)18-6-4-3-5-7-18)27(20,22-8-12-25-13-9-22)23-10-14-26-15-11-23;/h3-7H,8-15,20H2,1-2H3;1H/q+1;/p-1. The molecule has 154 valence electrons. The van der Waals surface area contributed by atoms with E-state index in [1.807, 2.05) is 22.9 Å². The van der Waals surface area contributed by atoms with Crippen LogP contribution < -0.4 is 23.2 Å². The van der Waals surface area contributed by atoms with Gasteiger partial charge < -0.3 is 21.9 Å². The second kappa shape index (κ2) is 9.18. The number of aromatic nitrogens is 2. The van der Waals surface area contributed by atoms with E-state index in [0.29, 0.717) is 0 Å². The Bertz CT molecular complexity index is 758. The van der Waals surface area contributed by atoms with Gasteiger partial charge in [-0.15, -0.1) is 9.34 Å². The number of nitrogens with two attached hydrogens (primary N) is 1. The molecule has 2 aliphatic heterocycles. The summed E-state index contributed by atoms with van der Waals surface area (Å²) in [5.74, 6) is 0. The lowest BCUT2D eigenvalue weighted by Crippen LogP contribution is -3.00. The van der Waals surface area contributed by atoms with Crippen molar-refractivity contribution >= 4 is 13.0 Å². The van der Waals surface area contributed by atoms with Crippen molar-refractivity contribution in [3.05, 3.63) is 41.7 Å². The van der Waals surface area contributed by atoms with Gasteiger partial charge in [0.1, 0.15) is 5.69 Å². The molecule has 0 radical (unpaired) electrons. The van der Waals surface area contributed by atoms with Gasteiger partial charge in [-0.1, -0.05) is 18.2 Å². The fourth-order valence-corrected chi connectivity index (χ4v) is 7.67. The zero-order chi connectivity index (χ0) is 18.9. The number of halogens is 1. The lowest BCUT2D eigenvalue weighted by atomic mass is 10.3. The van der Waals surface area contributed by atoms with Gasteiger partial charge in [0.15, 0.2) is 5.30 Å². The van der Waals surface area contributed by atoms with E-state index >= 15 is 0 Å². The van der Waals surface area contributed by atoms with Gasteiger partial charge >= 0.3 is 0 Å². The number of morpholine rings is 2. The molecule has 4 rings (SSSR count). The molecule has 2 N–H and O–H groups in total. The molecule has 0 spiro atoms. The summed E-state index contributed by atoms with van der Waals surface area (Å²) in [6.45, 7) is 10.6. The first-order chi connectivity index (χ1) is 13.1. The summed E-state index contributed by atoms with van der Waals surface area (Å²) in [5, 5.41) is 6.09. The number of para-hydroxylation sites is 1. The average molecular weight is 426 g/mol. The number of hydrogen-bond acceptors (Lipinski definition) is 6. The van der Waals surface area contributed by atoms with E-state index in [2.05, 4.69) is 35.3 Å². The molecule has 0 amide bonds. The maximum atomic E-state index is 7.36. The second-order valence-electron chi connectivity index (χ2n) is 7.05. The number of hydrogen-bond donors (Lipinski definition) is 1. The molecular weight excluding hydrogens is 397 g/mol. The zero-order valence-electron chi connectivity index (χ0n) is 16.6. The van der Waals surface area contributed by atoms with Crippen molar-refractivity contribution in [3.8, 4) is 5.69 Å². The first-order valence-electron chi connectivity index (χ1n) is 9.58. The number of rotatable bonds is 4. The Kier molecular flexibility index (Phi) is 7.10. The Morgan fingerprint density at radius 3 is 1.89 bits per heavy atom. The Hall–Kier alpha value is -1.05. The SMILES string of the molecule is Cc1nn(-c2ccccc2)c(C)c1[P+](N)(N1CCOCC1)N1CCOCC1.[Cl-]. The van der Waals surface area contributed by atoms with Crippen molar-refractivity contribution in [2.24, 2.45) is 5.50 Å². The van der Waals surface area contributed by atoms with Gasteiger partial charge in [-0.3, -0.25) is 0 Å². The van der Waals surface area contributed by atoms with Crippen LogP contribution in [0, 0.1) is 13.8 Å². The molecule has 1 aromatic heterocycles. The fraction of sp³-hybridized carbons (Fsp3) is 0.526. The fourth-order valence-electron chi connectivity index (χ4n) is 4.11. The van der Waals surface area contributed by atoms with Crippen LogP contribution in [0.3, 0.4) is 0 Å². The molecule has 2 saturated heterocycles. The average Bonchev–Trinajstić information content (AvgIpc) is 3.04. The first kappa shape index (κ1) is 21.7. The Morgan fingerprint density at radius 1 is 0.893 bits per heavy atom. The van der Waals surface area contributed by atoms with Crippen molar-refractivity contribution in [3.63, 3.8) is 0 Å². The summed E-state index contributed by atoms with van der Waals surface area (Å²) in [5.41, 5.74) is 10.6. The quantitative estimate of drug-likeness (QED) is 0.602. The topological polar surface area (TPSA) is 68.8 Å². The van der Waals surface area contributed by atoms with Gasteiger partial charge in [-0.2, -0.15) is 10.6 Å². The normalized spacial score (nSPS) is 19.4. The van der Waals surface area contributed by atoms with Gasteiger partial charge in [0.25, 0.3) is 7.71 Å². The zero-order valence-corrected chi connectivity index (χ0v) is 18.2. The molecule has 0 bridgehead atoms. The molecule has 0 aliphatic carbocycles. The molecule has 7 nitrogen and oxygen atoms in total. The molecular formula is C19H29ClN5O2P. The maximum Gasteiger partial charge on any atom is 0.261 e. The van der Waals surface area contributed by atoms with Crippen LogP contribution in [0.4, 0.5) is 0 Å². The molecule has 28 heavy (non-hydrogen) atoms. The molecule has 2 aromatic rings. The van der Waals surface area contributed by atoms with Crippen molar-refractivity contribution in [1.29, 1.82) is 0 Å². The van der Waals surface area contributed by atoms with Crippen molar-refractivity contribution < 1.29 is 21.9 Å². The van der Waals surface area contributed by atoms with E-state index in [9.17, 15) is 0 Å². The summed E-state index contributed by atoms with van der Waals surface area (Å²) in [7, 11) is -2.22. The number of nitrogens with zero attached hydrogens (tertiary/aromatic N) is 4. The van der Waals surface area contributed by atoms with Crippen molar-refractivity contribution in [1.82, 2.24) is 19.1 Å².